The molecule has 2 aromatic rings. The van der Waals surface area contributed by atoms with Gasteiger partial charge in [-0.05, 0) is 62.3 Å². The predicted octanol–water partition coefficient (Wildman–Crippen LogP) is 10.2. The average molecular weight is 407 g/mol. The van der Waals surface area contributed by atoms with E-state index in [-0.39, 0.29) is 0 Å². The van der Waals surface area contributed by atoms with Crippen molar-refractivity contribution in [2.75, 3.05) is 0 Å². The molecule has 0 spiro atoms. The van der Waals surface area contributed by atoms with Gasteiger partial charge < -0.3 is 0 Å². The molecule has 0 fully saturated rings. The van der Waals surface area contributed by atoms with Gasteiger partial charge in [-0.15, -0.1) is 6.58 Å². The molecule has 166 valence electrons. The minimum atomic E-state index is 1.11. The van der Waals surface area contributed by atoms with Crippen LogP contribution in [0, 0.1) is 0 Å². The second-order valence-corrected chi connectivity index (χ2v) is 7.40. The third-order valence-corrected chi connectivity index (χ3v) is 4.24. The van der Waals surface area contributed by atoms with Crippen LogP contribution in [0.1, 0.15) is 90.8 Å². The third-order valence-electron chi connectivity index (χ3n) is 4.24. The van der Waals surface area contributed by atoms with Gasteiger partial charge in [-0.1, -0.05) is 119 Å². The smallest absolute Gasteiger partial charge is 0.0231 e. The molecule has 0 aliphatic carbocycles. The topological polar surface area (TPSA) is 0 Å². The molecule has 0 aromatic heterocycles. The van der Waals surface area contributed by atoms with E-state index in [9.17, 15) is 0 Å². The molecule has 0 aliphatic rings. The summed E-state index contributed by atoms with van der Waals surface area (Å²) in [6.45, 7) is 22.3. The largest absolute Gasteiger partial charge is 0.100 e. The molecule has 0 radical (unpaired) electrons. The van der Waals surface area contributed by atoms with E-state index in [0.717, 1.165) is 6.42 Å². The quantitative estimate of drug-likeness (QED) is 0.418. The summed E-state index contributed by atoms with van der Waals surface area (Å²) in [6.07, 6.45) is 10.1. The Hall–Kier alpha value is -2.34. The molecule has 2 aromatic carbocycles. The van der Waals surface area contributed by atoms with Crippen LogP contribution < -0.4 is 0 Å². The number of hydrogen-bond acceptors (Lipinski definition) is 0. The van der Waals surface area contributed by atoms with Gasteiger partial charge in [-0.2, -0.15) is 0 Å². The predicted molar refractivity (Wildman–Crippen MR) is 142 cm³/mol. The van der Waals surface area contributed by atoms with E-state index in [4.69, 9.17) is 0 Å². The van der Waals surface area contributed by atoms with E-state index in [1.54, 1.807) is 0 Å². The second-order valence-electron chi connectivity index (χ2n) is 7.40. The SMILES string of the molecule is C/C=C(\C)c1ccccc1.C=C(C)CCCC.C=Cc1ccc(CC)cc1.CCC. The van der Waals surface area contributed by atoms with Crippen molar-refractivity contribution < 1.29 is 0 Å². The van der Waals surface area contributed by atoms with Gasteiger partial charge in [0.1, 0.15) is 0 Å². The van der Waals surface area contributed by atoms with Gasteiger partial charge in [0, 0.05) is 0 Å². The molecule has 0 saturated carbocycles. The Kier molecular flexibility index (Phi) is 21.3. The van der Waals surface area contributed by atoms with Crippen LogP contribution >= 0.6 is 0 Å². The summed E-state index contributed by atoms with van der Waals surface area (Å²) in [5.41, 5.74) is 6.52. The lowest BCUT2D eigenvalue weighted by Gasteiger charge is -1.97. The lowest BCUT2D eigenvalue weighted by Crippen LogP contribution is -1.78. The highest BCUT2D eigenvalue weighted by Gasteiger charge is 1.89. The maximum Gasteiger partial charge on any atom is -0.0231 e. The normalized spacial score (nSPS) is 9.63. The van der Waals surface area contributed by atoms with Crippen molar-refractivity contribution in [3.63, 3.8) is 0 Å². The minimum absolute atomic E-state index is 1.11. The Morgan fingerprint density at radius 3 is 1.73 bits per heavy atom. The Balaban J connectivity index is 0. The Morgan fingerprint density at radius 1 is 0.867 bits per heavy atom. The summed E-state index contributed by atoms with van der Waals surface area (Å²) in [7, 11) is 0. The van der Waals surface area contributed by atoms with Crippen LogP contribution in [0.2, 0.25) is 0 Å². The zero-order chi connectivity index (χ0) is 23.2. The van der Waals surface area contributed by atoms with Crippen LogP contribution in [0.3, 0.4) is 0 Å². The van der Waals surface area contributed by atoms with Crippen molar-refractivity contribution >= 4 is 11.6 Å². The zero-order valence-electron chi connectivity index (χ0n) is 20.8. The van der Waals surface area contributed by atoms with Crippen molar-refractivity contribution in [2.24, 2.45) is 0 Å². The fourth-order valence-electron chi connectivity index (χ4n) is 2.24. The van der Waals surface area contributed by atoms with E-state index in [1.165, 1.54) is 53.5 Å². The van der Waals surface area contributed by atoms with Gasteiger partial charge in [0.2, 0.25) is 0 Å². The van der Waals surface area contributed by atoms with E-state index in [1.807, 2.05) is 12.1 Å². The monoisotopic (exact) mass is 406 g/mol. The Bertz CT molecular complexity index is 672. The first-order valence-corrected chi connectivity index (χ1v) is 11.4. The first kappa shape index (κ1) is 29.9. The fraction of sp³-hybridized carbons (Fsp3) is 0.400. The standard InChI is InChI=1S/2C10H12.C7H14.C3H8/c1-3-9(2)10-7-5-4-6-8-10;1-3-9-5-7-10(4-2)8-6-9;1-4-5-6-7(2)3;1-3-2/h3-8H,1-2H3;3,5-8H,1,4H2,2H3;2,4-6H2,1,3H3;3H2,1-2H3/b9-3+;;;. The van der Waals surface area contributed by atoms with Crippen LogP contribution in [-0.4, -0.2) is 0 Å². The summed E-state index contributed by atoms with van der Waals surface area (Å²) in [6, 6.07) is 18.8. The molecule has 0 atom stereocenters. The van der Waals surface area contributed by atoms with Gasteiger partial charge in [0.15, 0.2) is 0 Å². The van der Waals surface area contributed by atoms with Crippen molar-refractivity contribution in [3.8, 4) is 0 Å². The fourth-order valence-corrected chi connectivity index (χ4v) is 2.24. The van der Waals surface area contributed by atoms with Crippen LogP contribution in [0.4, 0.5) is 0 Å². The molecular formula is C30H46. The molecule has 0 heteroatoms. The van der Waals surface area contributed by atoms with Gasteiger partial charge in [-0.3, -0.25) is 0 Å². The molecule has 0 saturated heterocycles. The van der Waals surface area contributed by atoms with E-state index in [0.29, 0.717) is 0 Å². The summed E-state index contributed by atoms with van der Waals surface area (Å²) in [5.74, 6) is 0. The maximum atomic E-state index is 3.79. The second kappa shape index (κ2) is 21.4. The first-order valence-electron chi connectivity index (χ1n) is 11.4. The number of benzene rings is 2. The van der Waals surface area contributed by atoms with Crippen molar-refractivity contribution in [3.05, 3.63) is 96.1 Å². The molecule has 0 unspecified atom stereocenters. The molecule has 0 nitrogen and oxygen atoms in total. The molecule has 0 amide bonds. The van der Waals surface area contributed by atoms with E-state index >= 15 is 0 Å². The highest BCUT2D eigenvalue weighted by Crippen LogP contribution is 2.11. The molecule has 30 heavy (non-hydrogen) atoms. The van der Waals surface area contributed by atoms with Gasteiger partial charge in [0.05, 0.1) is 0 Å². The molecule has 0 bridgehead atoms. The van der Waals surface area contributed by atoms with Gasteiger partial charge in [0.25, 0.3) is 0 Å². The molecule has 0 aliphatic heterocycles. The molecule has 0 heterocycles. The Morgan fingerprint density at radius 2 is 1.40 bits per heavy atom. The maximum absolute atomic E-state index is 3.79. The number of hydrogen-bond donors (Lipinski definition) is 0. The summed E-state index contributed by atoms with van der Waals surface area (Å²) < 4.78 is 0. The summed E-state index contributed by atoms with van der Waals surface area (Å²) in [5, 5.41) is 0. The highest BCUT2D eigenvalue weighted by atomic mass is 13.9. The van der Waals surface area contributed by atoms with Crippen molar-refractivity contribution in [2.45, 2.75) is 80.6 Å². The van der Waals surface area contributed by atoms with Gasteiger partial charge >= 0.3 is 0 Å². The minimum Gasteiger partial charge on any atom is -0.100 e. The van der Waals surface area contributed by atoms with E-state index in [2.05, 4.69) is 116 Å². The average Bonchev–Trinajstić information content (AvgIpc) is 2.79. The molecule has 0 N–H and O–H groups in total. The number of rotatable bonds is 6. The zero-order valence-corrected chi connectivity index (χ0v) is 20.8. The number of aryl methyl sites for hydroxylation is 1. The number of unbranched alkanes of at least 4 members (excludes halogenated alkanes) is 1. The summed E-state index contributed by atoms with van der Waals surface area (Å²) >= 11 is 0. The van der Waals surface area contributed by atoms with E-state index < -0.39 is 0 Å². The molecule has 2 rings (SSSR count). The van der Waals surface area contributed by atoms with Crippen LogP contribution in [0.5, 0.6) is 0 Å². The molecular weight excluding hydrogens is 360 g/mol. The highest BCUT2D eigenvalue weighted by molar-refractivity contribution is 5.62. The van der Waals surface area contributed by atoms with Crippen molar-refractivity contribution in [1.29, 1.82) is 0 Å². The third kappa shape index (κ3) is 17.7. The summed E-state index contributed by atoms with van der Waals surface area (Å²) in [4.78, 5) is 0. The lowest BCUT2D eigenvalue weighted by molar-refractivity contribution is 0.789. The lowest BCUT2D eigenvalue weighted by atomic mass is 10.1. The van der Waals surface area contributed by atoms with Gasteiger partial charge in [-0.25, -0.2) is 0 Å². The first-order chi connectivity index (χ1) is 14.4. The number of allylic oxidation sites excluding steroid dienone is 3. The van der Waals surface area contributed by atoms with Crippen LogP contribution in [0.15, 0.2) is 79.4 Å². The Labute approximate surface area is 188 Å². The van der Waals surface area contributed by atoms with Crippen LogP contribution in [-0.2, 0) is 6.42 Å². The van der Waals surface area contributed by atoms with Crippen molar-refractivity contribution in [1.82, 2.24) is 0 Å². The van der Waals surface area contributed by atoms with Crippen LogP contribution in [0.25, 0.3) is 11.6 Å².